The Hall–Kier alpha value is -1.61. The monoisotopic (exact) mass is 268 g/mol. The molecule has 3 atom stereocenters. The molecule has 1 fully saturated rings. The van der Waals surface area contributed by atoms with Crippen LogP contribution in [0.25, 0.3) is 0 Å². The fraction of sp³-hybridized carbons (Fsp3) is 0.769. The van der Waals surface area contributed by atoms with E-state index >= 15 is 0 Å². The number of quaternary nitrogens is 1. The quantitative estimate of drug-likeness (QED) is 0.744. The Morgan fingerprint density at radius 3 is 2.26 bits per heavy atom. The molecule has 0 aliphatic carbocycles. The van der Waals surface area contributed by atoms with Gasteiger partial charge in [-0.1, -0.05) is 6.92 Å². The maximum atomic E-state index is 11.8. The lowest BCUT2D eigenvalue weighted by Gasteiger charge is -2.53. The van der Waals surface area contributed by atoms with Gasteiger partial charge >= 0.3 is 5.97 Å². The van der Waals surface area contributed by atoms with Crippen molar-refractivity contribution in [3.05, 3.63) is 0 Å². The third kappa shape index (κ3) is 1.80. The van der Waals surface area contributed by atoms with Crippen molar-refractivity contribution in [2.75, 3.05) is 6.54 Å². The Labute approximate surface area is 112 Å². The lowest BCUT2D eigenvalue weighted by Crippen LogP contribution is -2.77. The van der Waals surface area contributed by atoms with Crippen LogP contribution in [0.15, 0.2) is 0 Å². The predicted octanol–water partition coefficient (Wildman–Crippen LogP) is 0.722. The lowest BCUT2D eigenvalue weighted by molar-refractivity contribution is -0.946. The Morgan fingerprint density at radius 2 is 2.05 bits per heavy atom. The van der Waals surface area contributed by atoms with Gasteiger partial charge in [0.2, 0.25) is 5.54 Å². The van der Waals surface area contributed by atoms with Crippen LogP contribution in [0.4, 0.5) is 4.79 Å². The van der Waals surface area contributed by atoms with E-state index in [1.54, 1.807) is 27.7 Å². The van der Waals surface area contributed by atoms with Crippen molar-refractivity contribution in [3.63, 3.8) is 0 Å². The maximum absolute atomic E-state index is 11.8. The number of nitrogens with zero attached hydrogens (tertiary/aromatic N) is 2. The van der Waals surface area contributed by atoms with Gasteiger partial charge in [-0.25, -0.2) is 4.79 Å². The summed E-state index contributed by atoms with van der Waals surface area (Å²) in [7, 11) is 0. The van der Waals surface area contributed by atoms with E-state index < -0.39 is 33.5 Å². The molecular weight excluding hydrogens is 248 g/mol. The molecule has 0 aromatic rings. The van der Waals surface area contributed by atoms with Crippen LogP contribution < -0.4 is 5.11 Å². The van der Waals surface area contributed by atoms with Gasteiger partial charge in [0.25, 0.3) is 6.09 Å². The zero-order chi connectivity index (χ0) is 15.1. The molecule has 0 spiro atoms. The number of carbonyl (C=O) groups excluding carboxylic acids is 1. The minimum absolute atomic E-state index is 0.0253. The van der Waals surface area contributed by atoms with Crippen LogP contribution in [0, 0.1) is 17.2 Å². The van der Waals surface area contributed by atoms with Crippen molar-refractivity contribution >= 4 is 12.1 Å². The van der Waals surface area contributed by atoms with Crippen molar-refractivity contribution in [1.82, 2.24) is 0 Å². The van der Waals surface area contributed by atoms with E-state index in [4.69, 9.17) is 5.26 Å². The van der Waals surface area contributed by atoms with Gasteiger partial charge in [0.15, 0.2) is 0 Å². The molecule has 1 aliphatic heterocycles. The van der Waals surface area contributed by atoms with E-state index in [0.29, 0.717) is 0 Å². The average molecular weight is 268 g/mol. The van der Waals surface area contributed by atoms with Gasteiger partial charge in [0.05, 0.1) is 11.6 Å². The van der Waals surface area contributed by atoms with Crippen molar-refractivity contribution in [2.45, 2.75) is 51.6 Å². The van der Waals surface area contributed by atoms with Crippen molar-refractivity contribution in [2.24, 2.45) is 5.92 Å². The Morgan fingerprint density at radius 1 is 1.53 bits per heavy atom. The fourth-order valence-corrected chi connectivity index (χ4v) is 3.47. The zero-order valence-electron chi connectivity index (χ0n) is 11.8. The molecule has 1 heterocycles. The molecule has 0 aromatic carbocycles. The normalized spacial score (nSPS) is 34.8. The zero-order valence-corrected chi connectivity index (χ0v) is 11.8. The van der Waals surface area contributed by atoms with E-state index in [1.807, 2.05) is 6.07 Å². The Bertz CT molecular complexity index is 449. The van der Waals surface area contributed by atoms with Crippen LogP contribution in [0.2, 0.25) is 0 Å². The smallest absolute Gasteiger partial charge is 0.366 e. The number of hydrogen-bond acceptors (Lipinski definition) is 4. The number of nitriles is 1. The first kappa shape index (κ1) is 15.4. The van der Waals surface area contributed by atoms with Gasteiger partial charge in [-0.05, 0) is 20.8 Å². The predicted molar refractivity (Wildman–Crippen MR) is 64.7 cm³/mol. The van der Waals surface area contributed by atoms with Gasteiger partial charge in [-0.2, -0.15) is 5.26 Å². The summed E-state index contributed by atoms with van der Waals surface area (Å²) in [4.78, 5) is 23.6. The molecule has 1 rings (SSSR count). The molecule has 19 heavy (non-hydrogen) atoms. The number of likely N-dealkylation sites (tertiary alicyclic amines) is 1. The molecule has 0 radical (unpaired) electrons. The molecule has 6 heteroatoms. The first-order valence-electron chi connectivity index (χ1n) is 6.32. The number of amides is 1. The van der Waals surface area contributed by atoms with Crippen molar-refractivity contribution in [1.29, 1.82) is 5.26 Å². The molecule has 1 saturated heterocycles. The minimum Gasteiger partial charge on any atom is -0.498 e. The molecule has 106 valence electrons. The highest BCUT2D eigenvalue weighted by atomic mass is 16.4. The summed E-state index contributed by atoms with van der Waals surface area (Å²) in [5.74, 6) is -1.76. The number of aliphatic carboxylic acids is 1. The van der Waals surface area contributed by atoms with Crippen molar-refractivity contribution < 1.29 is 24.3 Å². The fourth-order valence-electron chi connectivity index (χ4n) is 3.47. The maximum Gasteiger partial charge on any atom is 0.366 e. The average Bonchev–Trinajstić information content (AvgIpc) is 2.65. The van der Waals surface area contributed by atoms with Gasteiger partial charge in [-0.15, -0.1) is 0 Å². The second-order valence-corrected chi connectivity index (χ2v) is 6.15. The molecule has 0 bridgehead atoms. The van der Waals surface area contributed by atoms with Gasteiger partial charge in [0.1, 0.15) is 12.5 Å². The number of carboxylic acids is 1. The number of carboxylic acid groups (broad SMARTS) is 2. The topological polar surface area (TPSA) is 101 Å². The van der Waals surface area contributed by atoms with E-state index in [0.717, 1.165) is 0 Å². The molecule has 0 saturated carbocycles. The lowest BCUT2D eigenvalue weighted by atomic mass is 9.85. The summed E-state index contributed by atoms with van der Waals surface area (Å²) >= 11 is 0. The van der Waals surface area contributed by atoms with Crippen LogP contribution >= 0.6 is 0 Å². The molecule has 0 aromatic heterocycles. The van der Waals surface area contributed by atoms with E-state index in [1.165, 1.54) is 0 Å². The van der Waals surface area contributed by atoms with Crippen LogP contribution in [-0.4, -0.2) is 39.3 Å². The largest absolute Gasteiger partial charge is 0.498 e. The van der Waals surface area contributed by atoms with E-state index in [9.17, 15) is 19.8 Å². The molecule has 1 unspecified atom stereocenters. The van der Waals surface area contributed by atoms with Crippen LogP contribution in [0.1, 0.15) is 40.5 Å². The first-order valence-corrected chi connectivity index (χ1v) is 6.32. The Balaban J connectivity index is 3.62. The third-order valence-electron chi connectivity index (χ3n) is 4.43. The summed E-state index contributed by atoms with van der Waals surface area (Å²) < 4.78 is -0.704. The summed E-state index contributed by atoms with van der Waals surface area (Å²) in [6, 6.07) is 2.02. The third-order valence-corrected chi connectivity index (χ3v) is 4.43. The highest BCUT2D eigenvalue weighted by Gasteiger charge is 2.68. The van der Waals surface area contributed by atoms with Crippen LogP contribution in [-0.2, 0) is 4.79 Å². The Kier molecular flexibility index (Phi) is 3.65. The molecule has 1 aliphatic rings. The highest BCUT2D eigenvalue weighted by Crippen LogP contribution is 2.48. The molecule has 6 nitrogen and oxygen atoms in total. The summed E-state index contributed by atoms with van der Waals surface area (Å²) in [5.41, 5.74) is -2.36. The second kappa shape index (κ2) is 4.49. The molecule has 1 N–H and O–H groups in total. The van der Waals surface area contributed by atoms with Crippen LogP contribution in [0.3, 0.4) is 0 Å². The van der Waals surface area contributed by atoms with E-state index in [2.05, 4.69) is 0 Å². The number of rotatable bonds is 2. The SMILES string of the molecule is CC[C@@]1(C(=O)O)C[C@@H](C#N)C[N+]1(C(=O)[O-])C(C)(C)C. The standard InChI is InChI=1S/C13H20N2O4/c1-5-13(10(16)17)6-9(7-14)8-15(13,11(18)19)12(2,3)4/h9H,5-6,8H2,1-4H3,(H-,16,17,18,19)/t9-,13-,15?/m0/s1. The van der Waals surface area contributed by atoms with Gasteiger partial charge < -0.3 is 15.0 Å². The van der Waals surface area contributed by atoms with E-state index in [-0.39, 0.29) is 19.4 Å². The summed E-state index contributed by atoms with van der Waals surface area (Å²) in [6.07, 6.45) is -1.23. The second-order valence-electron chi connectivity index (χ2n) is 6.15. The van der Waals surface area contributed by atoms with Crippen LogP contribution in [0.5, 0.6) is 0 Å². The summed E-state index contributed by atoms with van der Waals surface area (Å²) in [6.45, 7) is 6.65. The first-order chi connectivity index (χ1) is 8.59. The molecule has 1 amide bonds. The minimum atomic E-state index is -1.50. The van der Waals surface area contributed by atoms with Gasteiger partial charge in [-0.3, -0.25) is 4.48 Å². The number of carbonyl (C=O) groups is 2. The van der Waals surface area contributed by atoms with Gasteiger partial charge in [0, 0.05) is 12.8 Å². The van der Waals surface area contributed by atoms with Crippen molar-refractivity contribution in [3.8, 4) is 6.07 Å². The number of hydrogen-bond donors (Lipinski definition) is 1. The summed E-state index contributed by atoms with van der Waals surface area (Å²) in [5, 5.41) is 30.5. The molecular formula is C13H20N2O4. The highest BCUT2D eigenvalue weighted by molar-refractivity contribution is 5.80.